The van der Waals surface area contributed by atoms with Crippen LogP contribution in [0.4, 0.5) is 0 Å². The average Bonchev–Trinajstić information content (AvgIpc) is 1.85. The molecule has 0 atom stereocenters. The molecule has 0 bridgehead atoms. The molecule has 0 amide bonds. The molecule has 0 aliphatic carbocycles. The van der Waals surface area contributed by atoms with E-state index in [1.165, 1.54) is 13.8 Å². The Hall–Kier alpha value is -0.993. The monoisotopic (exact) mass is 484 g/mol. The van der Waals surface area contributed by atoms with Crippen molar-refractivity contribution in [1.82, 2.24) is 0 Å². The van der Waals surface area contributed by atoms with Crippen LogP contribution in [-0.4, -0.2) is 22.2 Å². The molecule has 0 aromatic rings. The molecule has 0 aromatic heterocycles. The topological polar surface area (TPSA) is 254 Å². The van der Waals surface area contributed by atoms with E-state index in [4.69, 9.17) is 30.3 Å². The molecule has 0 fully saturated rings. The summed E-state index contributed by atoms with van der Waals surface area (Å²) in [7, 11) is 0. The summed E-state index contributed by atoms with van der Waals surface area (Å²) in [5.41, 5.74) is 0. The molecule has 0 aliphatic rings. The number of carbonyl (C=O) groups is 2. The minimum absolute atomic E-state index is 0. The third kappa shape index (κ3) is 4420. The Morgan fingerprint density at radius 3 is 0.750 bits per heavy atom. The fourth-order valence-corrected chi connectivity index (χ4v) is 0. The molecule has 0 heterocycles. The first-order valence-corrected chi connectivity index (χ1v) is 3.30. The molecule has 0 spiro atoms. The van der Waals surface area contributed by atoms with Crippen LogP contribution in [0, 0.1) is 22.7 Å². The van der Waals surface area contributed by atoms with E-state index in [9.17, 15) is 0 Å². The molecule has 0 aromatic carbocycles. The molecule has 0 saturated heterocycles. The Balaban J connectivity index is -0.00000000763. The smallest absolute Gasteiger partial charge is 0.300 e. The molecule has 0 unspecified atom stereocenters. The second-order valence-corrected chi connectivity index (χ2v) is 1.49. The quantitative estimate of drug-likeness (QED) is 0.278. The van der Waals surface area contributed by atoms with Crippen molar-refractivity contribution in [3.05, 3.63) is 0 Å². The van der Waals surface area contributed by atoms with E-state index in [1.807, 2.05) is 0 Å². The van der Waals surface area contributed by atoms with Crippen molar-refractivity contribution in [3.63, 3.8) is 0 Å². The van der Waals surface area contributed by atoms with Gasteiger partial charge in [-0.3, -0.25) is 9.59 Å². The van der Waals surface area contributed by atoms with Crippen molar-refractivity contribution in [1.29, 1.82) is 10.5 Å². The number of aliphatic carboxylic acids is 2. The van der Waals surface area contributed by atoms with Gasteiger partial charge in [-0.15, -0.1) is 0 Å². The van der Waals surface area contributed by atoms with Gasteiger partial charge in [-0.25, -0.2) is 0 Å². The van der Waals surface area contributed by atoms with Gasteiger partial charge in [0.05, 0.1) is 12.1 Å². The largest absolute Gasteiger partial charge is 0.481 e. The second kappa shape index (κ2) is 106. The fourth-order valence-electron chi connectivity index (χ4n) is 0. The van der Waals surface area contributed by atoms with Gasteiger partial charge < -0.3 is 32.1 Å². The zero-order valence-corrected chi connectivity index (χ0v) is 14.9. The van der Waals surface area contributed by atoms with Gasteiger partial charge in [0.15, 0.2) is 0 Å². The van der Waals surface area contributed by atoms with Crippen molar-refractivity contribution >= 4 is 11.9 Å². The maximum Gasteiger partial charge on any atom is 0.300 e. The predicted octanol–water partition coefficient (Wildman–Crippen LogP) is -2.45. The molecule has 10 nitrogen and oxygen atoms in total. The van der Waals surface area contributed by atoms with Crippen molar-refractivity contribution in [2.75, 3.05) is 0 Å². The number of carboxylic acid groups (broad SMARTS) is 2. The number of hydrogen-bond donors (Lipinski definition) is 2. The van der Waals surface area contributed by atoms with Gasteiger partial charge >= 0.3 is 0 Å². The van der Waals surface area contributed by atoms with Gasteiger partial charge in [-0.1, -0.05) is 0 Å². The Labute approximate surface area is 143 Å². The zero-order chi connectivity index (χ0) is 12.6. The first-order chi connectivity index (χ1) is 6.29. The Kier molecular flexibility index (Phi) is 403. The maximum absolute atomic E-state index is 9.00. The van der Waals surface area contributed by atoms with Gasteiger partial charge in [0.25, 0.3) is 11.9 Å². The molecule has 2 radical (unpaired) electrons. The summed E-state index contributed by atoms with van der Waals surface area (Å²) in [4.78, 5) is 18.0. The Bertz CT molecular complexity index is 195. The van der Waals surface area contributed by atoms with Gasteiger partial charge in [0.2, 0.25) is 0 Å². The van der Waals surface area contributed by atoms with E-state index in [0.29, 0.717) is 0 Å². The first-order valence-electron chi connectivity index (χ1n) is 3.30. The molecule has 12 heteroatoms. The summed E-state index contributed by atoms with van der Waals surface area (Å²) in [5.74, 6) is -1.67. The van der Waals surface area contributed by atoms with Crippen molar-refractivity contribution < 1.29 is 80.7 Å². The van der Waals surface area contributed by atoms with E-state index in [-0.39, 0.29) is 60.9 Å². The van der Waals surface area contributed by atoms with Crippen molar-refractivity contribution in [3.8, 4) is 12.1 Å². The number of nitriles is 2. The normalized spacial score (nSPS) is 3.30. The SMILES string of the molecule is CC#N.CC#N.CC(=O)O.CC(=O)O.[OH3+].[OH3+].[OH3+].[OH3+].[Rh].[Rh]. The standard InChI is InChI=1S/2C2H3N.2C2H4O2.4H2O.2Rh/c2*1-2-3;2*1-2(3)4;;;;;;/h2*1H3;2*1H3,(H,3,4);4*1H2;;/p+4. The number of rotatable bonds is 0. The molecular weight excluding hydrogens is 458 g/mol. The summed E-state index contributed by atoms with van der Waals surface area (Å²) in [6.45, 7) is 5.03. The van der Waals surface area contributed by atoms with Gasteiger partial charge in [-0.2, -0.15) is 10.5 Å². The van der Waals surface area contributed by atoms with E-state index in [2.05, 4.69) is 0 Å². The van der Waals surface area contributed by atoms with Crippen LogP contribution < -0.4 is 0 Å². The van der Waals surface area contributed by atoms with Crippen LogP contribution in [0.5, 0.6) is 0 Å². The molecule has 0 saturated carbocycles. The third-order valence-corrected chi connectivity index (χ3v) is 0. The second-order valence-electron chi connectivity index (χ2n) is 1.49. The minimum Gasteiger partial charge on any atom is -0.481 e. The Morgan fingerprint density at radius 2 is 0.750 bits per heavy atom. The summed E-state index contributed by atoms with van der Waals surface area (Å²) >= 11 is 0. The van der Waals surface area contributed by atoms with Crippen molar-refractivity contribution in [2.45, 2.75) is 27.7 Å². The van der Waals surface area contributed by atoms with Gasteiger partial charge in [0, 0.05) is 66.7 Å². The molecule has 14 N–H and O–H groups in total. The van der Waals surface area contributed by atoms with Crippen LogP contribution in [0.1, 0.15) is 27.7 Å². The van der Waals surface area contributed by atoms with Crippen molar-refractivity contribution in [2.24, 2.45) is 0 Å². The Morgan fingerprint density at radius 1 is 0.750 bits per heavy atom. The molecule has 0 rings (SSSR count). The van der Waals surface area contributed by atoms with Gasteiger partial charge in [-0.05, 0) is 0 Å². The number of hydrogen-bond acceptors (Lipinski definition) is 4. The predicted molar refractivity (Wildman–Crippen MR) is 68.7 cm³/mol. The molecular formula is C8H26N2O8Rh2+4. The summed E-state index contributed by atoms with van der Waals surface area (Å²) in [6, 6.07) is 3.50. The summed E-state index contributed by atoms with van der Waals surface area (Å²) in [5, 5.41) is 29.5. The van der Waals surface area contributed by atoms with Crippen LogP contribution >= 0.6 is 0 Å². The van der Waals surface area contributed by atoms with E-state index in [0.717, 1.165) is 13.8 Å². The average molecular weight is 484 g/mol. The van der Waals surface area contributed by atoms with E-state index < -0.39 is 11.9 Å². The summed E-state index contributed by atoms with van der Waals surface area (Å²) < 4.78 is 0. The third-order valence-electron chi connectivity index (χ3n) is 0. The van der Waals surface area contributed by atoms with E-state index >= 15 is 0 Å². The molecule has 20 heavy (non-hydrogen) atoms. The molecule has 0 aliphatic heterocycles. The summed E-state index contributed by atoms with van der Waals surface area (Å²) in [6.07, 6.45) is 0. The van der Waals surface area contributed by atoms with Crippen LogP contribution in [0.15, 0.2) is 0 Å². The maximum atomic E-state index is 9.00. The van der Waals surface area contributed by atoms with E-state index in [1.54, 1.807) is 12.1 Å². The van der Waals surface area contributed by atoms with Crippen LogP contribution in [0.3, 0.4) is 0 Å². The van der Waals surface area contributed by atoms with Crippen LogP contribution in [0.2, 0.25) is 0 Å². The number of nitrogens with zero attached hydrogens (tertiary/aromatic N) is 2. The minimum atomic E-state index is -0.833. The van der Waals surface area contributed by atoms with Crippen LogP contribution in [-0.2, 0) is 70.4 Å². The first kappa shape index (κ1) is 76.0. The van der Waals surface area contributed by atoms with Gasteiger partial charge in [0.1, 0.15) is 0 Å². The zero-order valence-electron chi connectivity index (χ0n) is 11.6. The molecule has 130 valence electrons. The van der Waals surface area contributed by atoms with Crippen LogP contribution in [0.25, 0.3) is 0 Å². The fraction of sp³-hybridized carbons (Fsp3) is 0.500. The number of carboxylic acids is 2.